The zero-order valence-corrected chi connectivity index (χ0v) is 15.6. The normalized spacial score (nSPS) is 10.9. The summed E-state index contributed by atoms with van der Waals surface area (Å²) < 4.78 is 43.1. The standard InChI is InChI=1S/C18H19FN2O5S/c1-26-18(23)14-6-4-8-16(12-14)21(27(2,24)25)10-9-20-17(22)13-5-3-7-15(19)11-13/h3-8,11-12H,9-10H2,1-2H3,(H,20,22). The average molecular weight is 394 g/mol. The number of hydrogen-bond donors (Lipinski definition) is 1. The highest BCUT2D eigenvalue weighted by molar-refractivity contribution is 7.92. The summed E-state index contributed by atoms with van der Waals surface area (Å²) in [6.07, 6.45) is 1.02. The smallest absolute Gasteiger partial charge is 0.337 e. The van der Waals surface area contributed by atoms with E-state index in [9.17, 15) is 22.4 Å². The van der Waals surface area contributed by atoms with E-state index in [1.807, 2.05) is 0 Å². The number of methoxy groups -OCH3 is 1. The fourth-order valence-electron chi connectivity index (χ4n) is 2.40. The Morgan fingerprint density at radius 3 is 2.41 bits per heavy atom. The van der Waals surface area contributed by atoms with Gasteiger partial charge in [0.1, 0.15) is 5.82 Å². The van der Waals surface area contributed by atoms with Crippen molar-refractivity contribution in [2.75, 3.05) is 30.8 Å². The van der Waals surface area contributed by atoms with Gasteiger partial charge < -0.3 is 10.1 Å². The van der Waals surface area contributed by atoms with Gasteiger partial charge in [0.15, 0.2) is 0 Å². The number of benzene rings is 2. The van der Waals surface area contributed by atoms with E-state index in [1.54, 1.807) is 0 Å². The summed E-state index contributed by atoms with van der Waals surface area (Å²) in [6.45, 7) is -0.0740. The predicted molar refractivity (Wildman–Crippen MR) is 98.7 cm³/mol. The molecular weight excluding hydrogens is 375 g/mol. The van der Waals surface area contributed by atoms with Gasteiger partial charge in [-0.15, -0.1) is 0 Å². The maximum Gasteiger partial charge on any atom is 0.337 e. The van der Waals surface area contributed by atoms with Crippen molar-refractivity contribution in [3.8, 4) is 0 Å². The van der Waals surface area contributed by atoms with Gasteiger partial charge in [0.2, 0.25) is 10.0 Å². The number of nitrogens with zero attached hydrogens (tertiary/aromatic N) is 1. The minimum absolute atomic E-state index is 0.00906. The number of ether oxygens (including phenoxy) is 1. The minimum atomic E-state index is -3.67. The molecule has 1 N–H and O–H groups in total. The number of anilines is 1. The number of esters is 1. The van der Waals surface area contributed by atoms with Crippen LogP contribution in [-0.2, 0) is 14.8 Å². The fourth-order valence-corrected chi connectivity index (χ4v) is 3.31. The van der Waals surface area contributed by atoms with Crippen molar-refractivity contribution in [2.45, 2.75) is 0 Å². The van der Waals surface area contributed by atoms with E-state index >= 15 is 0 Å². The molecule has 2 rings (SSSR count). The molecule has 0 radical (unpaired) electrons. The molecule has 1 amide bonds. The van der Waals surface area contributed by atoms with Gasteiger partial charge in [-0.25, -0.2) is 17.6 Å². The van der Waals surface area contributed by atoms with Gasteiger partial charge in [0.25, 0.3) is 5.91 Å². The van der Waals surface area contributed by atoms with E-state index < -0.39 is 27.7 Å². The van der Waals surface area contributed by atoms with Crippen molar-refractivity contribution in [2.24, 2.45) is 0 Å². The van der Waals surface area contributed by atoms with Crippen molar-refractivity contribution < 1.29 is 27.1 Å². The lowest BCUT2D eigenvalue weighted by atomic mass is 10.2. The summed E-state index contributed by atoms with van der Waals surface area (Å²) in [5.74, 6) is -1.66. The first-order valence-corrected chi connectivity index (χ1v) is 9.77. The van der Waals surface area contributed by atoms with Gasteiger partial charge in [-0.05, 0) is 36.4 Å². The Morgan fingerprint density at radius 2 is 1.78 bits per heavy atom. The minimum Gasteiger partial charge on any atom is -0.465 e. The van der Waals surface area contributed by atoms with E-state index in [1.165, 1.54) is 49.6 Å². The Morgan fingerprint density at radius 1 is 1.11 bits per heavy atom. The number of carbonyl (C=O) groups is 2. The third kappa shape index (κ3) is 5.52. The molecule has 27 heavy (non-hydrogen) atoms. The largest absolute Gasteiger partial charge is 0.465 e. The van der Waals surface area contributed by atoms with E-state index in [2.05, 4.69) is 10.1 Å². The van der Waals surface area contributed by atoms with Crippen LogP contribution in [0.25, 0.3) is 0 Å². The molecule has 0 aliphatic heterocycles. The highest BCUT2D eigenvalue weighted by Crippen LogP contribution is 2.19. The Kier molecular flexibility index (Phi) is 6.51. The van der Waals surface area contributed by atoms with Gasteiger partial charge in [-0.2, -0.15) is 0 Å². The first-order valence-electron chi connectivity index (χ1n) is 7.92. The quantitative estimate of drug-likeness (QED) is 0.723. The van der Waals surface area contributed by atoms with E-state index in [0.29, 0.717) is 0 Å². The highest BCUT2D eigenvalue weighted by Gasteiger charge is 2.19. The molecule has 0 spiro atoms. The molecule has 7 nitrogen and oxygen atoms in total. The van der Waals surface area contributed by atoms with E-state index in [4.69, 9.17) is 0 Å². The van der Waals surface area contributed by atoms with Crippen molar-refractivity contribution in [1.29, 1.82) is 0 Å². The highest BCUT2D eigenvalue weighted by atomic mass is 32.2. The monoisotopic (exact) mass is 394 g/mol. The summed E-state index contributed by atoms with van der Waals surface area (Å²) in [5.41, 5.74) is 0.599. The second kappa shape index (κ2) is 8.63. The summed E-state index contributed by atoms with van der Waals surface area (Å²) in [6, 6.07) is 11.1. The second-order valence-corrected chi connectivity index (χ2v) is 7.55. The number of rotatable bonds is 7. The molecule has 0 aliphatic carbocycles. The van der Waals surface area contributed by atoms with Gasteiger partial charge in [-0.3, -0.25) is 9.10 Å². The number of halogens is 1. The first-order chi connectivity index (χ1) is 12.7. The third-order valence-electron chi connectivity index (χ3n) is 3.64. The van der Waals surface area contributed by atoms with Crippen LogP contribution in [0.5, 0.6) is 0 Å². The Bertz CT molecular complexity index is 946. The molecule has 2 aromatic carbocycles. The van der Waals surface area contributed by atoms with Crippen molar-refractivity contribution in [1.82, 2.24) is 5.32 Å². The Balaban J connectivity index is 2.12. The maximum absolute atomic E-state index is 13.2. The van der Waals surface area contributed by atoms with Crippen LogP contribution in [0, 0.1) is 5.82 Å². The van der Waals surface area contributed by atoms with Crippen LogP contribution < -0.4 is 9.62 Å². The molecule has 0 aliphatic rings. The number of nitrogens with one attached hydrogen (secondary N) is 1. The van der Waals surface area contributed by atoms with Crippen molar-refractivity contribution in [3.63, 3.8) is 0 Å². The Hall–Kier alpha value is -2.94. The lowest BCUT2D eigenvalue weighted by Gasteiger charge is -2.23. The number of sulfonamides is 1. The van der Waals surface area contributed by atoms with Gasteiger partial charge >= 0.3 is 5.97 Å². The zero-order chi connectivity index (χ0) is 20.0. The van der Waals surface area contributed by atoms with Crippen LogP contribution in [-0.4, -0.2) is 46.7 Å². The van der Waals surface area contributed by atoms with Crippen LogP contribution >= 0.6 is 0 Å². The molecule has 144 valence electrons. The lowest BCUT2D eigenvalue weighted by molar-refractivity contribution is 0.0600. The predicted octanol–water partition coefficient (Wildman–Crippen LogP) is 1.81. The molecule has 0 saturated heterocycles. The van der Waals surface area contributed by atoms with Crippen LogP contribution in [0.1, 0.15) is 20.7 Å². The first kappa shape index (κ1) is 20.4. The van der Waals surface area contributed by atoms with Gasteiger partial charge in [-0.1, -0.05) is 12.1 Å². The molecule has 0 fully saturated rings. The molecular formula is C18H19FN2O5S. The molecule has 2 aromatic rings. The maximum atomic E-state index is 13.2. The summed E-state index contributed by atoms with van der Waals surface area (Å²) >= 11 is 0. The van der Waals surface area contributed by atoms with Crippen LogP contribution in [0.15, 0.2) is 48.5 Å². The summed E-state index contributed by atoms with van der Waals surface area (Å²) in [5, 5.41) is 2.54. The van der Waals surface area contributed by atoms with Gasteiger partial charge in [0, 0.05) is 12.1 Å². The SMILES string of the molecule is COC(=O)c1cccc(N(CCNC(=O)c2cccc(F)c2)S(C)(=O)=O)c1. The number of amides is 1. The molecule has 0 bridgehead atoms. The topological polar surface area (TPSA) is 92.8 Å². The molecule has 0 saturated carbocycles. The average Bonchev–Trinajstić information content (AvgIpc) is 2.63. The van der Waals surface area contributed by atoms with Crippen molar-refractivity contribution >= 4 is 27.6 Å². The Labute approximate surface area is 156 Å². The molecule has 0 unspecified atom stereocenters. The second-order valence-electron chi connectivity index (χ2n) is 5.64. The molecule has 0 atom stereocenters. The van der Waals surface area contributed by atoms with Crippen LogP contribution in [0.2, 0.25) is 0 Å². The number of hydrogen-bond acceptors (Lipinski definition) is 5. The lowest BCUT2D eigenvalue weighted by Crippen LogP contribution is -2.38. The van der Waals surface area contributed by atoms with Crippen LogP contribution in [0.3, 0.4) is 0 Å². The fraction of sp³-hybridized carbons (Fsp3) is 0.222. The summed E-state index contributed by atoms with van der Waals surface area (Å²) in [4.78, 5) is 23.7. The third-order valence-corrected chi connectivity index (χ3v) is 4.84. The van der Waals surface area contributed by atoms with Gasteiger partial charge in [0.05, 0.1) is 31.2 Å². The molecule has 9 heteroatoms. The molecule has 0 heterocycles. The van der Waals surface area contributed by atoms with E-state index in [0.717, 1.165) is 16.6 Å². The summed E-state index contributed by atoms with van der Waals surface area (Å²) in [7, 11) is -2.44. The number of carbonyl (C=O) groups excluding carboxylic acids is 2. The van der Waals surface area contributed by atoms with Crippen LogP contribution in [0.4, 0.5) is 10.1 Å². The van der Waals surface area contributed by atoms with Crippen molar-refractivity contribution in [3.05, 3.63) is 65.5 Å². The van der Waals surface area contributed by atoms with E-state index in [-0.39, 0.29) is 29.9 Å². The zero-order valence-electron chi connectivity index (χ0n) is 14.8. The molecule has 0 aromatic heterocycles.